The van der Waals surface area contributed by atoms with E-state index in [2.05, 4.69) is 46.5 Å². The largest absolute Gasteiger partial charge is 0.464 e. The monoisotopic (exact) mass is 320 g/mol. The van der Waals surface area contributed by atoms with E-state index < -0.39 is 0 Å². The van der Waals surface area contributed by atoms with Crippen LogP contribution in [0.2, 0.25) is 0 Å². The Bertz CT molecular complexity index is 985. The Balaban J connectivity index is 1.66. The van der Waals surface area contributed by atoms with Gasteiger partial charge in [0.15, 0.2) is 11.5 Å². The van der Waals surface area contributed by atoms with Gasteiger partial charge in [-0.25, -0.2) is 4.98 Å². The molecule has 3 aromatic heterocycles. The van der Waals surface area contributed by atoms with Crippen LogP contribution >= 0.6 is 0 Å². The van der Waals surface area contributed by atoms with Crippen molar-refractivity contribution in [1.29, 1.82) is 0 Å². The molecule has 0 radical (unpaired) electrons. The van der Waals surface area contributed by atoms with Gasteiger partial charge in [0, 0.05) is 28.9 Å². The summed E-state index contributed by atoms with van der Waals surface area (Å²) >= 11 is 0. The fraction of sp³-hybridized carbons (Fsp3) is 0.263. The summed E-state index contributed by atoms with van der Waals surface area (Å²) in [4.78, 5) is 4.26. The maximum atomic E-state index is 5.78. The van der Waals surface area contributed by atoms with Crippen LogP contribution in [0.1, 0.15) is 38.2 Å². The summed E-state index contributed by atoms with van der Waals surface area (Å²) in [6, 6.07) is 10.1. The number of anilines is 2. The van der Waals surface area contributed by atoms with E-state index >= 15 is 0 Å². The molecule has 0 saturated carbocycles. The highest BCUT2D eigenvalue weighted by molar-refractivity contribution is 5.91. The highest BCUT2D eigenvalue weighted by atomic mass is 16.3. The molecule has 0 fully saturated rings. The maximum absolute atomic E-state index is 5.78. The summed E-state index contributed by atoms with van der Waals surface area (Å²) in [5.41, 5.74) is 3.90. The Morgan fingerprint density at radius 3 is 3.04 bits per heavy atom. The van der Waals surface area contributed by atoms with Crippen molar-refractivity contribution in [1.82, 2.24) is 15.2 Å². The van der Waals surface area contributed by atoms with Crippen molar-refractivity contribution < 1.29 is 4.42 Å². The number of aromatic nitrogens is 3. The predicted molar refractivity (Wildman–Crippen MR) is 96.7 cm³/mol. The maximum Gasteiger partial charge on any atom is 0.161 e. The van der Waals surface area contributed by atoms with Gasteiger partial charge < -0.3 is 9.73 Å². The highest BCUT2D eigenvalue weighted by Crippen LogP contribution is 2.32. The number of nitrogens with one attached hydrogen (secondary N) is 2. The van der Waals surface area contributed by atoms with Crippen LogP contribution in [0.15, 0.2) is 47.2 Å². The Morgan fingerprint density at radius 2 is 2.17 bits per heavy atom. The highest BCUT2D eigenvalue weighted by Gasteiger charge is 2.13. The first-order chi connectivity index (χ1) is 11.8. The number of rotatable bonds is 5. The molecule has 4 rings (SSSR count). The lowest BCUT2D eigenvalue weighted by molar-refractivity contribution is 0.593. The van der Waals surface area contributed by atoms with Crippen LogP contribution in [-0.2, 0) is 0 Å². The molecule has 3 heterocycles. The van der Waals surface area contributed by atoms with Crippen LogP contribution in [0.25, 0.3) is 22.0 Å². The van der Waals surface area contributed by atoms with Crippen molar-refractivity contribution in [3.05, 3.63) is 48.4 Å². The van der Waals surface area contributed by atoms with E-state index in [1.807, 2.05) is 24.5 Å². The van der Waals surface area contributed by atoms with Crippen molar-refractivity contribution in [2.45, 2.75) is 32.6 Å². The summed E-state index contributed by atoms with van der Waals surface area (Å²) in [5, 5.41) is 12.7. The predicted octanol–water partition coefficient (Wildman–Crippen LogP) is 5.35. The van der Waals surface area contributed by atoms with Gasteiger partial charge in [-0.05, 0) is 36.6 Å². The smallest absolute Gasteiger partial charge is 0.161 e. The van der Waals surface area contributed by atoms with E-state index in [-0.39, 0.29) is 0 Å². The summed E-state index contributed by atoms with van der Waals surface area (Å²) in [6.07, 6.45) is 5.98. The lowest BCUT2D eigenvalue weighted by Gasteiger charge is -2.08. The van der Waals surface area contributed by atoms with Gasteiger partial charge >= 0.3 is 0 Å². The number of nitrogens with zero attached hydrogens (tertiary/aromatic N) is 2. The molecule has 5 nitrogen and oxygen atoms in total. The SMILES string of the molecule is CCCC(C)c1coc2cc(Nc3n[nH]c4ncccc34)ccc12. The van der Waals surface area contributed by atoms with Crippen LogP contribution in [0.5, 0.6) is 0 Å². The van der Waals surface area contributed by atoms with Gasteiger partial charge in [-0.1, -0.05) is 20.3 Å². The topological polar surface area (TPSA) is 66.7 Å². The number of fused-ring (bicyclic) bond motifs is 2. The Labute approximate surface area is 140 Å². The zero-order valence-electron chi connectivity index (χ0n) is 13.8. The van der Waals surface area contributed by atoms with Crippen molar-refractivity contribution in [3.8, 4) is 0 Å². The Hall–Kier alpha value is -2.82. The molecule has 0 aliphatic heterocycles. The summed E-state index contributed by atoms with van der Waals surface area (Å²) < 4.78 is 5.78. The number of hydrogen-bond donors (Lipinski definition) is 2. The molecule has 5 heteroatoms. The summed E-state index contributed by atoms with van der Waals surface area (Å²) in [7, 11) is 0. The fourth-order valence-electron chi connectivity index (χ4n) is 3.18. The zero-order chi connectivity index (χ0) is 16.5. The Kier molecular flexibility index (Phi) is 3.69. The molecule has 1 unspecified atom stereocenters. The van der Waals surface area contributed by atoms with Gasteiger partial charge in [0.25, 0.3) is 0 Å². The van der Waals surface area contributed by atoms with E-state index in [9.17, 15) is 0 Å². The third-order valence-corrected chi connectivity index (χ3v) is 4.46. The number of pyridine rings is 1. The molecule has 0 amide bonds. The first kappa shape index (κ1) is 14.8. The quantitative estimate of drug-likeness (QED) is 0.520. The molecular formula is C19H20N4O. The second-order valence-electron chi connectivity index (χ2n) is 6.19. The molecule has 0 aliphatic rings. The second kappa shape index (κ2) is 6.00. The second-order valence-corrected chi connectivity index (χ2v) is 6.19. The number of hydrogen-bond acceptors (Lipinski definition) is 4. The third-order valence-electron chi connectivity index (χ3n) is 4.46. The number of H-pyrrole nitrogens is 1. The van der Waals surface area contributed by atoms with Crippen LogP contribution < -0.4 is 5.32 Å². The molecule has 0 bridgehead atoms. The molecule has 4 aromatic rings. The number of furan rings is 1. The molecule has 0 aliphatic carbocycles. The van der Waals surface area contributed by atoms with Crippen LogP contribution in [-0.4, -0.2) is 15.2 Å². The van der Waals surface area contributed by atoms with Crippen LogP contribution in [0.3, 0.4) is 0 Å². The van der Waals surface area contributed by atoms with Gasteiger partial charge in [0.05, 0.1) is 11.6 Å². The minimum atomic E-state index is 0.511. The van der Waals surface area contributed by atoms with Gasteiger partial charge in [0.2, 0.25) is 0 Å². The van der Waals surface area contributed by atoms with E-state index in [1.54, 1.807) is 6.20 Å². The van der Waals surface area contributed by atoms with E-state index in [1.165, 1.54) is 23.8 Å². The van der Waals surface area contributed by atoms with Gasteiger partial charge in [-0.15, -0.1) is 0 Å². The molecule has 1 atom stereocenters. The summed E-state index contributed by atoms with van der Waals surface area (Å²) in [5.74, 6) is 1.28. The molecule has 0 saturated heterocycles. The minimum absolute atomic E-state index is 0.511. The zero-order valence-corrected chi connectivity index (χ0v) is 13.8. The molecular weight excluding hydrogens is 300 g/mol. The fourth-order valence-corrected chi connectivity index (χ4v) is 3.18. The standard InChI is InChI=1S/C19H20N4O/c1-3-5-12(2)16-11-24-17-10-13(7-8-14(16)17)21-19-15-6-4-9-20-18(15)22-23-19/h4,6-12H,3,5H2,1-2H3,(H2,20,21,22,23). The average molecular weight is 320 g/mol. The van der Waals surface area contributed by atoms with E-state index in [0.29, 0.717) is 5.92 Å². The molecule has 24 heavy (non-hydrogen) atoms. The third kappa shape index (κ3) is 2.52. The lowest BCUT2D eigenvalue weighted by atomic mass is 9.96. The van der Waals surface area contributed by atoms with E-state index in [0.717, 1.165) is 28.1 Å². The van der Waals surface area contributed by atoms with Crippen molar-refractivity contribution in [2.75, 3.05) is 5.32 Å². The molecule has 122 valence electrons. The van der Waals surface area contributed by atoms with Gasteiger partial charge in [-0.2, -0.15) is 5.10 Å². The van der Waals surface area contributed by atoms with Crippen molar-refractivity contribution in [2.24, 2.45) is 0 Å². The lowest BCUT2D eigenvalue weighted by Crippen LogP contribution is -1.92. The normalized spacial score (nSPS) is 12.8. The molecule has 2 N–H and O–H groups in total. The first-order valence-corrected chi connectivity index (χ1v) is 8.33. The Morgan fingerprint density at radius 1 is 1.25 bits per heavy atom. The molecule has 1 aromatic carbocycles. The van der Waals surface area contributed by atoms with E-state index in [4.69, 9.17) is 4.42 Å². The van der Waals surface area contributed by atoms with Crippen molar-refractivity contribution in [3.63, 3.8) is 0 Å². The first-order valence-electron chi connectivity index (χ1n) is 8.33. The average Bonchev–Trinajstić information content (AvgIpc) is 3.19. The summed E-state index contributed by atoms with van der Waals surface area (Å²) in [6.45, 7) is 4.46. The minimum Gasteiger partial charge on any atom is -0.464 e. The molecule has 0 spiro atoms. The van der Waals surface area contributed by atoms with Crippen LogP contribution in [0, 0.1) is 0 Å². The van der Waals surface area contributed by atoms with Gasteiger partial charge in [0.1, 0.15) is 5.58 Å². The number of aromatic amines is 1. The number of benzene rings is 1. The van der Waals surface area contributed by atoms with Gasteiger partial charge in [-0.3, -0.25) is 5.10 Å². The van der Waals surface area contributed by atoms with Crippen molar-refractivity contribution >= 4 is 33.5 Å². The van der Waals surface area contributed by atoms with Crippen LogP contribution in [0.4, 0.5) is 11.5 Å².